The van der Waals surface area contributed by atoms with E-state index in [-0.39, 0.29) is 0 Å². The highest BCUT2D eigenvalue weighted by atomic mass is 79.9. The Hall–Kier alpha value is -1.22. The predicted molar refractivity (Wildman–Crippen MR) is 72.7 cm³/mol. The van der Waals surface area contributed by atoms with Gasteiger partial charge < -0.3 is 9.64 Å². The Balaban J connectivity index is 2.47. The summed E-state index contributed by atoms with van der Waals surface area (Å²) < 4.78 is 5.20. The van der Waals surface area contributed by atoms with E-state index >= 15 is 0 Å². The first-order chi connectivity index (χ1) is 7.74. The molecule has 0 amide bonds. The molecule has 2 aromatic rings. The van der Waals surface area contributed by atoms with Crippen LogP contribution in [0.25, 0.3) is 10.8 Å². The first kappa shape index (κ1) is 11.3. The average molecular weight is 280 g/mol. The summed E-state index contributed by atoms with van der Waals surface area (Å²) in [4.78, 5) is 2.14. The van der Waals surface area contributed by atoms with Crippen LogP contribution in [0.3, 0.4) is 0 Å². The molecular weight excluding hydrogens is 266 g/mol. The van der Waals surface area contributed by atoms with Crippen molar-refractivity contribution in [1.82, 2.24) is 0 Å². The first-order valence-corrected chi connectivity index (χ1v) is 6.21. The molecule has 2 nitrogen and oxygen atoms in total. The maximum absolute atomic E-state index is 5.20. The molecule has 0 saturated carbocycles. The van der Waals surface area contributed by atoms with Gasteiger partial charge in [-0.3, -0.25) is 0 Å². The Morgan fingerprint density at radius 3 is 2.50 bits per heavy atom. The fraction of sp³-hybridized carbons (Fsp3) is 0.231. The fourth-order valence-electron chi connectivity index (χ4n) is 1.64. The summed E-state index contributed by atoms with van der Waals surface area (Å²) in [5.41, 5.74) is 2.03. The number of methoxy groups -OCH3 is 1. The Bertz CT molecular complexity index is 498. The quantitative estimate of drug-likeness (QED) is 0.628. The normalized spacial score (nSPS) is 10.4. The van der Waals surface area contributed by atoms with Crippen molar-refractivity contribution >= 4 is 32.4 Å². The van der Waals surface area contributed by atoms with Crippen LogP contribution in [-0.2, 0) is 0 Å². The van der Waals surface area contributed by atoms with Crippen LogP contribution >= 0.6 is 15.9 Å². The molecule has 2 rings (SSSR count). The number of nitrogens with zero attached hydrogens (tertiary/aromatic N) is 1. The lowest BCUT2D eigenvalue weighted by Gasteiger charge is -2.16. The molecule has 0 atom stereocenters. The van der Waals surface area contributed by atoms with E-state index < -0.39 is 0 Å². The van der Waals surface area contributed by atoms with Crippen LogP contribution in [0.5, 0.6) is 5.75 Å². The molecule has 0 aromatic heterocycles. The SMILES string of the molecule is COc1ccc2cc(N(C)CBr)ccc2c1. The second kappa shape index (κ2) is 4.74. The molecule has 0 aliphatic rings. The maximum atomic E-state index is 5.20. The number of rotatable bonds is 3. The number of alkyl halides is 1. The van der Waals surface area contributed by atoms with E-state index in [4.69, 9.17) is 4.74 Å². The van der Waals surface area contributed by atoms with Gasteiger partial charge in [0.15, 0.2) is 0 Å². The smallest absolute Gasteiger partial charge is 0.119 e. The highest BCUT2D eigenvalue weighted by Crippen LogP contribution is 2.25. The van der Waals surface area contributed by atoms with Gasteiger partial charge in [-0.1, -0.05) is 28.1 Å². The first-order valence-electron chi connectivity index (χ1n) is 5.09. The third-order valence-corrected chi connectivity index (χ3v) is 3.40. The highest BCUT2D eigenvalue weighted by Gasteiger charge is 2.01. The molecule has 0 unspecified atom stereocenters. The van der Waals surface area contributed by atoms with Crippen LogP contribution in [0.1, 0.15) is 0 Å². The van der Waals surface area contributed by atoms with Crippen molar-refractivity contribution in [2.45, 2.75) is 0 Å². The molecular formula is C13H14BrNO. The van der Waals surface area contributed by atoms with Crippen molar-refractivity contribution < 1.29 is 4.74 Å². The minimum Gasteiger partial charge on any atom is -0.497 e. The monoisotopic (exact) mass is 279 g/mol. The fourth-order valence-corrected chi connectivity index (χ4v) is 1.93. The summed E-state index contributed by atoms with van der Waals surface area (Å²) in [5, 5.41) is 2.43. The Morgan fingerprint density at radius 1 is 1.12 bits per heavy atom. The number of ether oxygens (including phenoxy) is 1. The van der Waals surface area contributed by atoms with Crippen molar-refractivity contribution in [3.63, 3.8) is 0 Å². The maximum Gasteiger partial charge on any atom is 0.119 e. The van der Waals surface area contributed by atoms with Gasteiger partial charge in [-0.25, -0.2) is 0 Å². The summed E-state index contributed by atoms with van der Waals surface area (Å²) in [6.07, 6.45) is 0. The van der Waals surface area contributed by atoms with Crippen molar-refractivity contribution in [1.29, 1.82) is 0 Å². The number of anilines is 1. The largest absolute Gasteiger partial charge is 0.497 e. The van der Waals surface area contributed by atoms with Gasteiger partial charge in [-0.05, 0) is 35.0 Å². The Kier molecular flexibility index (Phi) is 3.34. The van der Waals surface area contributed by atoms with Gasteiger partial charge in [0.05, 0.1) is 12.6 Å². The zero-order valence-corrected chi connectivity index (χ0v) is 11.0. The van der Waals surface area contributed by atoms with Gasteiger partial charge in [0.1, 0.15) is 5.75 Å². The van der Waals surface area contributed by atoms with E-state index in [2.05, 4.69) is 52.1 Å². The van der Waals surface area contributed by atoms with E-state index in [1.807, 2.05) is 12.1 Å². The molecule has 0 aliphatic heterocycles. The van der Waals surface area contributed by atoms with Crippen molar-refractivity contribution in [3.05, 3.63) is 36.4 Å². The zero-order chi connectivity index (χ0) is 11.5. The van der Waals surface area contributed by atoms with Gasteiger partial charge >= 0.3 is 0 Å². The van der Waals surface area contributed by atoms with Gasteiger partial charge in [0, 0.05) is 12.7 Å². The number of fused-ring (bicyclic) bond motifs is 1. The van der Waals surface area contributed by atoms with Crippen LogP contribution in [0.4, 0.5) is 5.69 Å². The molecule has 0 N–H and O–H groups in total. The summed E-state index contributed by atoms with van der Waals surface area (Å²) in [5.74, 6) is 0.897. The molecule has 16 heavy (non-hydrogen) atoms. The Labute approximate surface area is 104 Å². The molecule has 0 fully saturated rings. The summed E-state index contributed by atoms with van der Waals surface area (Å²) in [7, 11) is 3.74. The second-order valence-electron chi connectivity index (χ2n) is 3.71. The topological polar surface area (TPSA) is 12.5 Å². The highest BCUT2D eigenvalue weighted by molar-refractivity contribution is 9.09. The van der Waals surface area contributed by atoms with Crippen LogP contribution in [0.2, 0.25) is 0 Å². The van der Waals surface area contributed by atoms with E-state index in [9.17, 15) is 0 Å². The lowest BCUT2D eigenvalue weighted by Crippen LogP contribution is -2.13. The van der Waals surface area contributed by atoms with Crippen molar-refractivity contribution in [3.8, 4) is 5.75 Å². The van der Waals surface area contributed by atoms with Crippen LogP contribution in [0, 0.1) is 0 Å². The summed E-state index contributed by atoms with van der Waals surface area (Å²) in [6, 6.07) is 12.5. The van der Waals surface area contributed by atoms with Gasteiger partial charge in [-0.2, -0.15) is 0 Å². The van der Waals surface area contributed by atoms with Crippen LogP contribution in [-0.4, -0.2) is 19.6 Å². The third kappa shape index (κ3) is 2.14. The minimum absolute atomic E-state index is 0.828. The predicted octanol–water partition coefficient (Wildman–Crippen LogP) is 3.64. The number of benzene rings is 2. The molecule has 0 aliphatic carbocycles. The lowest BCUT2D eigenvalue weighted by atomic mass is 10.1. The molecule has 0 bridgehead atoms. The summed E-state index contributed by atoms with van der Waals surface area (Å²) >= 11 is 3.44. The molecule has 84 valence electrons. The van der Waals surface area contributed by atoms with Crippen LogP contribution < -0.4 is 9.64 Å². The molecule has 0 saturated heterocycles. The lowest BCUT2D eigenvalue weighted by molar-refractivity contribution is 0.415. The van der Waals surface area contributed by atoms with E-state index in [0.29, 0.717) is 0 Å². The molecule has 0 radical (unpaired) electrons. The third-order valence-electron chi connectivity index (χ3n) is 2.65. The second-order valence-corrected chi connectivity index (χ2v) is 4.22. The zero-order valence-electron chi connectivity index (χ0n) is 9.40. The molecule has 2 aromatic carbocycles. The van der Waals surface area contributed by atoms with Gasteiger partial charge in [0.25, 0.3) is 0 Å². The average Bonchev–Trinajstić information content (AvgIpc) is 2.36. The Morgan fingerprint density at radius 2 is 1.81 bits per heavy atom. The van der Waals surface area contributed by atoms with Gasteiger partial charge in [0.2, 0.25) is 0 Å². The number of halogens is 1. The van der Waals surface area contributed by atoms with E-state index in [1.165, 1.54) is 16.5 Å². The molecule has 3 heteroatoms. The van der Waals surface area contributed by atoms with Crippen LogP contribution in [0.15, 0.2) is 36.4 Å². The van der Waals surface area contributed by atoms with Gasteiger partial charge in [-0.15, -0.1) is 0 Å². The summed E-state index contributed by atoms with van der Waals surface area (Å²) in [6.45, 7) is 0. The van der Waals surface area contributed by atoms with E-state index in [1.54, 1.807) is 7.11 Å². The van der Waals surface area contributed by atoms with Crippen molar-refractivity contribution in [2.24, 2.45) is 0 Å². The minimum atomic E-state index is 0.828. The molecule has 0 heterocycles. The standard InChI is InChI=1S/C13H14BrNO/c1-15(9-14)12-5-3-11-8-13(16-2)6-4-10(11)7-12/h3-8H,9H2,1-2H3. The number of hydrogen-bond donors (Lipinski definition) is 0. The number of hydrogen-bond acceptors (Lipinski definition) is 2. The van der Waals surface area contributed by atoms with E-state index in [0.717, 1.165) is 11.2 Å². The van der Waals surface area contributed by atoms with Crippen molar-refractivity contribution in [2.75, 3.05) is 24.5 Å². The molecule has 0 spiro atoms.